The minimum absolute atomic E-state index is 0.191. The summed E-state index contributed by atoms with van der Waals surface area (Å²) in [6.07, 6.45) is 15.1. The Balaban J connectivity index is 1.53. The molecule has 0 aliphatic rings. The van der Waals surface area contributed by atoms with Crippen molar-refractivity contribution in [1.82, 2.24) is 4.98 Å². The van der Waals surface area contributed by atoms with Gasteiger partial charge in [-0.2, -0.15) is 0 Å². The van der Waals surface area contributed by atoms with Gasteiger partial charge >= 0.3 is 0 Å². The molecule has 1 heterocycles. The molecule has 2 aromatic carbocycles. The highest BCUT2D eigenvalue weighted by atomic mass is 19.1. The van der Waals surface area contributed by atoms with Gasteiger partial charge in [-0.15, -0.1) is 0 Å². The largest absolute Gasteiger partial charge is 0.494 e. The highest BCUT2D eigenvalue weighted by Gasteiger charge is 2.09. The van der Waals surface area contributed by atoms with Crippen LogP contribution in [0.4, 0.5) is 4.39 Å². The maximum Gasteiger partial charge on any atom is 0.132 e. The van der Waals surface area contributed by atoms with Crippen LogP contribution in [0.2, 0.25) is 0 Å². The fraction of sp³-hybridized carbons (Fsp3) is 0.452. The summed E-state index contributed by atoms with van der Waals surface area (Å²) in [6, 6.07) is 17.6. The number of aromatic nitrogens is 1. The normalized spacial score (nSPS) is 11.0. The smallest absolute Gasteiger partial charge is 0.132 e. The third kappa shape index (κ3) is 8.27. The molecule has 0 spiro atoms. The number of unbranched alkanes of at least 4 members (excludes halogenated alkanes) is 8. The van der Waals surface area contributed by atoms with Crippen LogP contribution >= 0.6 is 0 Å². The van der Waals surface area contributed by atoms with Gasteiger partial charge in [-0.1, -0.05) is 89.5 Å². The standard InChI is InChI=1S/C31H40FNO/c1-3-5-7-9-10-11-13-25-14-20-29(30(32)23-25)31-21-17-27(24-33-31)26-15-18-28(19-16-26)34-22-12-8-6-4-2/h14-21,23-24H,3-13,22H2,1-2H3. The van der Waals surface area contributed by atoms with Crippen LogP contribution in [0.5, 0.6) is 5.75 Å². The number of hydrogen-bond donors (Lipinski definition) is 0. The lowest BCUT2D eigenvalue weighted by Crippen LogP contribution is -1.97. The van der Waals surface area contributed by atoms with Crippen LogP contribution in [0.15, 0.2) is 60.8 Å². The quantitative estimate of drug-likeness (QED) is 0.210. The Morgan fingerprint density at radius 1 is 0.706 bits per heavy atom. The monoisotopic (exact) mass is 461 g/mol. The fourth-order valence-corrected chi connectivity index (χ4v) is 4.22. The summed E-state index contributed by atoms with van der Waals surface area (Å²) in [7, 11) is 0. The molecule has 0 radical (unpaired) electrons. The van der Waals surface area contributed by atoms with E-state index in [4.69, 9.17) is 4.74 Å². The van der Waals surface area contributed by atoms with Gasteiger partial charge in [-0.05, 0) is 60.7 Å². The maximum atomic E-state index is 14.8. The zero-order chi connectivity index (χ0) is 24.0. The van der Waals surface area contributed by atoms with E-state index in [1.807, 2.05) is 42.6 Å². The number of nitrogens with zero attached hydrogens (tertiary/aromatic N) is 1. The molecule has 0 aliphatic carbocycles. The van der Waals surface area contributed by atoms with E-state index in [0.29, 0.717) is 11.3 Å². The average Bonchev–Trinajstić information content (AvgIpc) is 2.87. The molecule has 0 N–H and O–H groups in total. The average molecular weight is 462 g/mol. The van der Waals surface area contributed by atoms with Gasteiger partial charge in [0.15, 0.2) is 0 Å². The van der Waals surface area contributed by atoms with Crippen LogP contribution in [-0.2, 0) is 6.42 Å². The lowest BCUT2D eigenvalue weighted by atomic mass is 10.0. The molecule has 0 unspecified atom stereocenters. The van der Waals surface area contributed by atoms with Gasteiger partial charge in [-0.25, -0.2) is 4.39 Å². The molecular formula is C31H40FNO. The van der Waals surface area contributed by atoms with Crippen LogP contribution < -0.4 is 4.74 Å². The number of aryl methyl sites for hydroxylation is 1. The van der Waals surface area contributed by atoms with Crippen molar-refractivity contribution in [3.8, 4) is 28.1 Å². The maximum absolute atomic E-state index is 14.8. The van der Waals surface area contributed by atoms with Crippen molar-refractivity contribution < 1.29 is 9.13 Å². The van der Waals surface area contributed by atoms with E-state index in [1.165, 1.54) is 51.4 Å². The SMILES string of the molecule is CCCCCCCCc1ccc(-c2ccc(-c3ccc(OCCCCCC)cc3)cn2)c(F)c1. The zero-order valence-corrected chi connectivity index (χ0v) is 21.0. The second kappa shape index (κ2) is 14.6. The van der Waals surface area contributed by atoms with Gasteiger partial charge in [0, 0.05) is 17.3 Å². The van der Waals surface area contributed by atoms with Crippen molar-refractivity contribution in [3.05, 3.63) is 72.2 Å². The molecule has 0 amide bonds. The van der Waals surface area contributed by atoms with Crippen LogP contribution in [0.25, 0.3) is 22.4 Å². The molecule has 0 saturated carbocycles. The summed E-state index contributed by atoms with van der Waals surface area (Å²) in [5, 5.41) is 0. The Morgan fingerprint density at radius 3 is 2.06 bits per heavy atom. The number of ether oxygens (including phenoxy) is 1. The summed E-state index contributed by atoms with van der Waals surface area (Å²) in [5.41, 5.74) is 4.39. The molecule has 182 valence electrons. The van der Waals surface area contributed by atoms with Crippen molar-refractivity contribution >= 4 is 0 Å². The van der Waals surface area contributed by atoms with Gasteiger partial charge in [0.25, 0.3) is 0 Å². The first-order valence-electron chi connectivity index (χ1n) is 13.2. The Labute approximate surface area is 205 Å². The predicted octanol–water partition coefficient (Wildman–Crippen LogP) is 9.42. The van der Waals surface area contributed by atoms with Crippen molar-refractivity contribution in [2.24, 2.45) is 0 Å². The van der Waals surface area contributed by atoms with Crippen LogP contribution in [0, 0.1) is 5.82 Å². The molecule has 0 saturated heterocycles. The molecule has 3 heteroatoms. The molecule has 3 rings (SSSR count). The number of benzene rings is 2. The van der Waals surface area contributed by atoms with Crippen LogP contribution in [0.1, 0.15) is 83.6 Å². The molecule has 34 heavy (non-hydrogen) atoms. The Hall–Kier alpha value is -2.68. The van der Waals surface area contributed by atoms with E-state index in [1.54, 1.807) is 6.07 Å². The molecule has 1 aromatic heterocycles. The van der Waals surface area contributed by atoms with E-state index in [2.05, 4.69) is 31.0 Å². The van der Waals surface area contributed by atoms with Crippen molar-refractivity contribution in [2.45, 2.75) is 84.5 Å². The Morgan fingerprint density at radius 2 is 1.38 bits per heavy atom. The molecule has 0 aliphatic heterocycles. The van der Waals surface area contributed by atoms with E-state index >= 15 is 0 Å². The van der Waals surface area contributed by atoms with E-state index in [9.17, 15) is 4.39 Å². The first-order chi connectivity index (χ1) is 16.7. The number of halogens is 1. The van der Waals surface area contributed by atoms with Gasteiger partial charge in [0.2, 0.25) is 0 Å². The summed E-state index contributed by atoms with van der Waals surface area (Å²) in [4.78, 5) is 4.55. The zero-order valence-electron chi connectivity index (χ0n) is 21.0. The minimum atomic E-state index is -0.191. The number of pyridine rings is 1. The highest BCUT2D eigenvalue weighted by molar-refractivity contribution is 5.67. The number of rotatable bonds is 15. The summed E-state index contributed by atoms with van der Waals surface area (Å²) in [5.74, 6) is 0.706. The van der Waals surface area contributed by atoms with Crippen LogP contribution in [0.3, 0.4) is 0 Å². The fourth-order valence-electron chi connectivity index (χ4n) is 4.22. The van der Waals surface area contributed by atoms with E-state index in [0.717, 1.165) is 48.3 Å². The predicted molar refractivity (Wildman–Crippen MR) is 142 cm³/mol. The first-order valence-corrected chi connectivity index (χ1v) is 13.2. The second-order valence-corrected chi connectivity index (χ2v) is 9.20. The van der Waals surface area contributed by atoms with E-state index in [-0.39, 0.29) is 5.82 Å². The van der Waals surface area contributed by atoms with Crippen molar-refractivity contribution in [3.63, 3.8) is 0 Å². The summed E-state index contributed by atoms with van der Waals surface area (Å²) < 4.78 is 20.6. The van der Waals surface area contributed by atoms with Crippen LogP contribution in [-0.4, -0.2) is 11.6 Å². The molecule has 2 nitrogen and oxygen atoms in total. The third-order valence-corrected chi connectivity index (χ3v) is 6.35. The van der Waals surface area contributed by atoms with Crippen molar-refractivity contribution in [1.29, 1.82) is 0 Å². The summed E-state index contributed by atoms with van der Waals surface area (Å²) in [6.45, 7) is 5.21. The molecular weight excluding hydrogens is 421 g/mol. The Bertz CT molecular complexity index is 966. The third-order valence-electron chi connectivity index (χ3n) is 6.35. The van der Waals surface area contributed by atoms with Gasteiger partial charge < -0.3 is 4.74 Å². The van der Waals surface area contributed by atoms with Gasteiger partial charge in [-0.3, -0.25) is 4.98 Å². The molecule has 0 bridgehead atoms. The topological polar surface area (TPSA) is 22.1 Å². The second-order valence-electron chi connectivity index (χ2n) is 9.20. The van der Waals surface area contributed by atoms with Gasteiger partial charge in [0.05, 0.1) is 12.3 Å². The lowest BCUT2D eigenvalue weighted by molar-refractivity contribution is 0.305. The lowest BCUT2D eigenvalue weighted by Gasteiger charge is -2.09. The number of hydrogen-bond acceptors (Lipinski definition) is 2. The summed E-state index contributed by atoms with van der Waals surface area (Å²) >= 11 is 0. The van der Waals surface area contributed by atoms with Gasteiger partial charge in [0.1, 0.15) is 11.6 Å². The Kier molecular flexibility index (Phi) is 11.1. The molecule has 3 aromatic rings. The molecule has 0 fully saturated rings. The molecule has 0 atom stereocenters. The van der Waals surface area contributed by atoms with E-state index < -0.39 is 0 Å². The first kappa shape index (κ1) is 25.9. The van der Waals surface area contributed by atoms with Crippen molar-refractivity contribution in [2.75, 3.05) is 6.61 Å². The highest BCUT2D eigenvalue weighted by Crippen LogP contribution is 2.27. The minimum Gasteiger partial charge on any atom is -0.494 e.